The molecule has 0 unspecified atom stereocenters. The summed E-state index contributed by atoms with van der Waals surface area (Å²) in [6, 6.07) is 6.65. The maximum absolute atomic E-state index is 5.37. The number of nitrogens with zero attached hydrogens (tertiary/aromatic N) is 2. The lowest BCUT2D eigenvalue weighted by Crippen LogP contribution is -2.46. The predicted octanol–water partition coefficient (Wildman–Crippen LogP) is 2.53. The second-order valence-corrected chi connectivity index (χ2v) is 7.50. The molecule has 1 saturated heterocycles. The quantitative estimate of drug-likeness (QED) is 0.512. The van der Waals surface area contributed by atoms with Gasteiger partial charge in [0, 0.05) is 32.7 Å². The van der Waals surface area contributed by atoms with E-state index in [1.165, 1.54) is 31.5 Å². The van der Waals surface area contributed by atoms with Gasteiger partial charge in [0.05, 0.1) is 14.2 Å². The fourth-order valence-corrected chi connectivity index (χ4v) is 3.63. The second kappa shape index (κ2) is 11.0. The van der Waals surface area contributed by atoms with E-state index in [2.05, 4.69) is 40.4 Å². The van der Waals surface area contributed by atoms with Crippen LogP contribution >= 0.6 is 0 Å². The Labute approximate surface area is 164 Å². The first-order chi connectivity index (χ1) is 13.1. The maximum atomic E-state index is 5.37. The smallest absolute Gasteiger partial charge is 0.191 e. The zero-order valence-corrected chi connectivity index (χ0v) is 17.5. The Balaban J connectivity index is 1.77. The minimum Gasteiger partial charge on any atom is -0.493 e. The molecule has 0 spiro atoms. The van der Waals surface area contributed by atoms with E-state index in [-0.39, 0.29) is 0 Å². The lowest BCUT2D eigenvalue weighted by atomic mass is 10.1. The average molecular weight is 377 g/mol. The Morgan fingerprint density at radius 3 is 2.67 bits per heavy atom. The number of hydrogen-bond donors (Lipinski definition) is 2. The van der Waals surface area contributed by atoms with Crippen molar-refractivity contribution < 1.29 is 9.47 Å². The zero-order valence-electron chi connectivity index (χ0n) is 17.5. The molecule has 6 heteroatoms. The fraction of sp³-hybridized carbons (Fsp3) is 0.667. The Morgan fingerprint density at radius 2 is 2.00 bits per heavy atom. The number of aliphatic imine (C=N–C) groups is 1. The highest BCUT2D eigenvalue weighted by Gasteiger charge is 2.24. The molecule has 2 rings (SSSR count). The van der Waals surface area contributed by atoms with Gasteiger partial charge >= 0.3 is 0 Å². The third-order valence-corrected chi connectivity index (χ3v) is 4.98. The Bertz CT molecular complexity index is 604. The van der Waals surface area contributed by atoms with E-state index < -0.39 is 0 Å². The highest BCUT2D eigenvalue weighted by molar-refractivity contribution is 5.79. The number of guanidine groups is 1. The molecule has 152 valence electrons. The van der Waals surface area contributed by atoms with Gasteiger partial charge in [0.25, 0.3) is 0 Å². The van der Waals surface area contributed by atoms with Crippen LogP contribution in [0.4, 0.5) is 0 Å². The summed E-state index contributed by atoms with van der Waals surface area (Å²) in [5.74, 6) is 3.11. The van der Waals surface area contributed by atoms with Crippen molar-refractivity contribution in [2.75, 3.05) is 47.4 Å². The normalized spacial score (nSPS) is 18.0. The van der Waals surface area contributed by atoms with Crippen LogP contribution in [0, 0.1) is 5.92 Å². The molecule has 0 aliphatic carbocycles. The van der Waals surface area contributed by atoms with Crippen LogP contribution < -0.4 is 20.1 Å². The molecular formula is C21H36N4O2. The Hall–Kier alpha value is -1.95. The first-order valence-electron chi connectivity index (χ1n) is 9.96. The molecule has 1 atom stereocenters. The van der Waals surface area contributed by atoms with Crippen molar-refractivity contribution in [1.82, 2.24) is 15.5 Å². The lowest BCUT2D eigenvalue weighted by molar-refractivity contribution is 0.226. The number of ether oxygens (including phenoxy) is 2. The van der Waals surface area contributed by atoms with Crippen LogP contribution in [0.3, 0.4) is 0 Å². The van der Waals surface area contributed by atoms with Crippen molar-refractivity contribution >= 4 is 5.96 Å². The van der Waals surface area contributed by atoms with Gasteiger partial charge < -0.3 is 20.1 Å². The van der Waals surface area contributed by atoms with Gasteiger partial charge in [0.2, 0.25) is 0 Å². The summed E-state index contributed by atoms with van der Waals surface area (Å²) < 4.78 is 10.7. The zero-order chi connectivity index (χ0) is 19.6. The van der Waals surface area contributed by atoms with Gasteiger partial charge in [-0.1, -0.05) is 19.9 Å². The number of hydrogen-bond acceptors (Lipinski definition) is 4. The van der Waals surface area contributed by atoms with Crippen LogP contribution in [0.15, 0.2) is 23.2 Å². The molecule has 27 heavy (non-hydrogen) atoms. The SMILES string of the molecule is CN=C(NCCc1ccc(OC)c(OC)c1)NC[C@H]1CCCN1CC(C)C. The van der Waals surface area contributed by atoms with Gasteiger partial charge in [-0.15, -0.1) is 0 Å². The van der Waals surface area contributed by atoms with Crippen molar-refractivity contribution in [3.8, 4) is 11.5 Å². The summed E-state index contributed by atoms with van der Waals surface area (Å²) in [5, 5.41) is 6.91. The van der Waals surface area contributed by atoms with Crippen LogP contribution in [-0.4, -0.2) is 64.3 Å². The molecule has 6 nitrogen and oxygen atoms in total. The summed E-state index contributed by atoms with van der Waals surface area (Å²) in [4.78, 5) is 6.96. The Kier molecular flexibility index (Phi) is 8.72. The summed E-state index contributed by atoms with van der Waals surface area (Å²) in [6.07, 6.45) is 3.46. The topological polar surface area (TPSA) is 58.1 Å². The molecule has 1 fully saturated rings. The monoisotopic (exact) mass is 376 g/mol. The van der Waals surface area contributed by atoms with Gasteiger partial charge in [-0.25, -0.2) is 0 Å². The number of rotatable bonds is 9. The van der Waals surface area contributed by atoms with Crippen LogP contribution in [-0.2, 0) is 6.42 Å². The van der Waals surface area contributed by atoms with Gasteiger partial charge in [-0.05, 0) is 49.4 Å². The minimum atomic E-state index is 0.608. The lowest BCUT2D eigenvalue weighted by Gasteiger charge is -2.27. The van der Waals surface area contributed by atoms with Crippen molar-refractivity contribution in [3.05, 3.63) is 23.8 Å². The minimum absolute atomic E-state index is 0.608. The average Bonchev–Trinajstić information content (AvgIpc) is 3.10. The summed E-state index contributed by atoms with van der Waals surface area (Å²) >= 11 is 0. The summed E-state index contributed by atoms with van der Waals surface area (Å²) in [5.41, 5.74) is 1.20. The standard InChI is InChI=1S/C21H36N4O2/c1-16(2)15-25-12-6-7-18(25)14-24-21(22-3)23-11-10-17-8-9-19(26-4)20(13-17)27-5/h8-9,13,16,18H,6-7,10-12,14-15H2,1-5H3,(H2,22,23,24)/t18-/m1/s1. The molecule has 1 aliphatic heterocycles. The van der Waals surface area contributed by atoms with Crippen LogP contribution in [0.2, 0.25) is 0 Å². The van der Waals surface area contributed by atoms with Crippen molar-refractivity contribution in [1.29, 1.82) is 0 Å². The van der Waals surface area contributed by atoms with E-state index in [0.29, 0.717) is 12.0 Å². The van der Waals surface area contributed by atoms with E-state index in [1.807, 2.05) is 19.2 Å². The number of methoxy groups -OCH3 is 2. The third kappa shape index (κ3) is 6.61. The molecule has 0 amide bonds. The highest BCUT2D eigenvalue weighted by atomic mass is 16.5. The van der Waals surface area contributed by atoms with Gasteiger partial charge in [-0.2, -0.15) is 0 Å². The molecular weight excluding hydrogens is 340 g/mol. The second-order valence-electron chi connectivity index (χ2n) is 7.50. The van der Waals surface area contributed by atoms with Crippen LogP contribution in [0.5, 0.6) is 11.5 Å². The summed E-state index contributed by atoms with van der Waals surface area (Å²) in [7, 11) is 5.14. The van der Waals surface area contributed by atoms with E-state index in [9.17, 15) is 0 Å². The molecule has 1 aliphatic rings. The van der Waals surface area contributed by atoms with E-state index in [1.54, 1.807) is 14.2 Å². The first-order valence-corrected chi connectivity index (χ1v) is 9.96. The van der Waals surface area contributed by atoms with Crippen molar-refractivity contribution in [2.24, 2.45) is 10.9 Å². The van der Waals surface area contributed by atoms with Crippen molar-refractivity contribution in [3.63, 3.8) is 0 Å². The number of nitrogens with one attached hydrogen (secondary N) is 2. The van der Waals surface area contributed by atoms with Gasteiger partial charge in [0.15, 0.2) is 17.5 Å². The van der Waals surface area contributed by atoms with Crippen molar-refractivity contribution in [2.45, 2.75) is 39.2 Å². The molecule has 1 aromatic carbocycles. The highest BCUT2D eigenvalue weighted by Crippen LogP contribution is 2.27. The maximum Gasteiger partial charge on any atom is 0.191 e. The largest absolute Gasteiger partial charge is 0.493 e. The molecule has 1 aromatic rings. The Morgan fingerprint density at radius 1 is 1.22 bits per heavy atom. The van der Waals surface area contributed by atoms with Crippen LogP contribution in [0.1, 0.15) is 32.3 Å². The number of benzene rings is 1. The van der Waals surface area contributed by atoms with Crippen LogP contribution in [0.25, 0.3) is 0 Å². The molecule has 0 radical (unpaired) electrons. The number of likely N-dealkylation sites (tertiary alicyclic amines) is 1. The first kappa shape index (κ1) is 21.4. The molecule has 0 aromatic heterocycles. The van der Waals surface area contributed by atoms with Gasteiger partial charge in [-0.3, -0.25) is 9.89 Å². The van der Waals surface area contributed by atoms with E-state index in [4.69, 9.17) is 9.47 Å². The molecule has 0 bridgehead atoms. The predicted molar refractivity (Wildman–Crippen MR) is 112 cm³/mol. The van der Waals surface area contributed by atoms with E-state index in [0.717, 1.165) is 37.0 Å². The van der Waals surface area contributed by atoms with E-state index >= 15 is 0 Å². The third-order valence-electron chi connectivity index (χ3n) is 4.98. The summed E-state index contributed by atoms with van der Waals surface area (Å²) in [6.45, 7) is 8.74. The molecule has 1 heterocycles. The van der Waals surface area contributed by atoms with Gasteiger partial charge in [0.1, 0.15) is 0 Å². The fourth-order valence-electron chi connectivity index (χ4n) is 3.63. The molecule has 2 N–H and O–H groups in total. The molecule has 0 saturated carbocycles.